The molecule has 0 atom stereocenters. The van der Waals surface area contributed by atoms with Gasteiger partial charge in [-0.15, -0.1) is 22.7 Å². The van der Waals surface area contributed by atoms with Gasteiger partial charge in [0.2, 0.25) is 5.91 Å². The number of nitrogens with zero attached hydrogens (tertiary/aromatic N) is 3. The van der Waals surface area contributed by atoms with Crippen LogP contribution in [0.2, 0.25) is 5.02 Å². The maximum atomic E-state index is 12.4. The molecular formula is C21H20ClN3O3S2. The summed E-state index contributed by atoms with van der Waals surface area (Å²) in [4.78, 5) is 34.5. The van der Waals surface area contributed by atoms with Crippen LogP contribution in [0.4, 0.5) is 10.8 Å². The summed E-state index contributed by atoms with van der Waals surface area (Å²) in [6, 6.07) is 3.77. The van der Waals surface area contributed by atoms with Crippen molar-refractivity contribution in [2.75, 3.05) is 4.90 Å². The summed E-state index contributed by atoms with van der Waals surface area (Å²) in [7, 11) is 0. The van der Waals surface area contributed by atoms with Crippen LogP contribution in [0, 0.1) is 20.8 Å². The number of ether oxygens (including phenoxy) is 1. The van der Waals surface area contributed by atoms with Crippen LogP contribution in [0.3, 0.4) is 0 Å². The first kappa shape index (κ1) is 22.1. The van der Waals surface area contributed by atoms with E-state index in [1.165, 1.54) is 40.6 Å². The molecule has 30 heavy (non-hydrogen) atoms. The fraction of sp³-hybridized carbons (Fsp3) is 0.238. The summed E-state index contributed by atoms with van der Waals surface area (Å²) < 4.78 is 5.24. The van der Waals surface area contributed by atoms with E-state index in [9.17, 15) is 9.59 Å². The van der Waals surface area contributed by atoms with Gasteiger partial charge in [0.05, 0.1) is 27.1 Å². The van der Waals surface area contributed by atoms with E-state index < -0.39 is 5.97 Å². The minimum Gasteiger partial charge on any atom is -0.456 e. The second-order valence-electron chi connectivity index (χ2n) is 6.62. The number of carbonyl (C=O) groups excluding carboxylic acids is 2. The lowest BCUT2D eigenvalue weighted by Gasteiger charge is -2.22. The highest BCUT2D eigenvalue weighted by molar-refractivity contribution is 7.14. The number of carbonyl (C=O) groups is 2. The van der Waals surface area contributed by atoms with Gasteiger partial charge in [0, 0.05) is 23.8 Å². The fourth-order valence-corrected chi connectivity index (χ4v) is 4.69. The zero-order valence-electron chi connectivity index (χ0n) is 16.9. The summed E-state index contributed by atoms with van der Waals surface area (Å²) in [5, 5.41) is 5.49. The molecule has 0 aliphatic carbocycles. The van der Waals surface area contributed by atoms with Crippen LogP contribution in [0.5, 0.6) is 0 Å². The van der Waals surface area contributed by atoms with Gasteiger partial charge >= 0.3 is 5.97 Å². The van der Waals surface area contributed by atoms with Gasteiger partial charge in [0.15, 0.2) is 5.13 Å². The van der Waals surface area contributed by atoms with E-state index in [1.54, 1.807) is 11.5 Å². The fourth-order valence-electron chi connectivity index (χ4n) is 2.85. The molecular weight excluding hydrogens is 442 g/mol. The highest BCUT2D eigenvalue weighted by Gasteiger charge is 2.22. The third kappa shape index (κ3) is 5.33. The van der Waals surface area contributed by atoms with Crippen LogP contribution >= 0.6 is 34.3 Å². The van der Waals surface area contributed by atoms with Crippen molar-refractivity contribution in [3.63, 3.8) is 0 Å². The normalized spacial score (nSPS) is 11.1. The van der Waals surface area contributed by atoms with Crippen molar-refractivity contribution in [1.82, 2.24) is 9.97 Å². The topological polar surface area (TPSA) is 72.4 Å². The Hall–Kier alpha value is -2.55. The van der Waals surface area contributed by atoms with Crippen molar-refractivity contribution >= 4 is 63.0 Å². The third-order valence-corrected chi connectivity index (χ3v) is 6.01. The largest absolute Gasteiger partial charge is 0.456 e. The van der Waals surface area contributed by atoms with Crippen LogP contribution in [0.1, 0.15) is 34.4 Å². The number of esters is 1. The molecule has 6 nitrogen and oxygen atoms in total. The number of rotatable bonds is 6. The molecule has 156 valence electrons. The molecule has 0 bridgehead atoms. The van der Waals surface area contributed by atoms with Gasteiger partial charge in [-0.1, -0.05) is 17.7 Å². The Morgan fingerprint density at radius 2 is 1.93 bits per heavy atom. The second kappa shape index (κ2) is 9.51. The molecule has 2 heterocycles. The molecule has 0 N–H and O–H groups in total. The Bertz CT molecular complexity index is 1100. The zero-order chi connectivity index (χ0) is 21.8. The first-order valence-electron chi connectivity index (χ1n) is 9.03. The molecule has 2 aromatic heterocycles. The molecule has 0 saturated carbocycles. The quantitative estimate of drug-likeness (QED) is 0.352. The van der Waals surface area contributed by atoms with Gasteiger partial charge in [-0.2, -0.15) is 0 Å². The molecule has 3 rings (SSSR count). The summed E-state index contributed by atoms with van der Waals surface area (Å²) in [5.74, 6) is -0.695. The van der Waals surface area contributed by atoms with Gasteiger partial charge in [0.1, 0.15) is 6.61 Å². The highest BCUT2D eigenvalue weighted by atomic mass is 35.5. The highest BCUT2D eigenvalue weighted by Crippen LogP contribution is 2.37. The number of hydrogen-bond acceptors (Lipinski definition) is 7. The average Bonchev–Trinajstić information content (AvgIpc) is 3.29. The monoisotopic (exact) mass is 461 g/mol. The maximum absolute atomic E-state index is 12.4. The maximum Gasteiger partial charge on any atom is 0.331 e. The van der Waals surface area contributed by atoms with Crippen molar-refractivity contribution in [1.29, 1.82) is 0 Å². The number of hydrogen-bond donors (Lipinski definition) is 0. The molecule has 1 amide bonds. The van der Waals surface area contributed by atoms with E-state index in [1.807, 2.05) is 38.3 Å². The Morgan fingerprint density at radius 3 is 2.57 bits per heavy atom. The standard InChI is InChI=1S/C21H20ClN3O3S2/c1-12-7-13(2)20(18(22)8-12)25(15(4)26)21-24-17(11-30-21)9-28-19(27)6-5-16-10-29-14(3)23-16/h5-8,10-11H,9H2,1-4H3/b6-5+. The predicted molar refractivity (Wildman–Crippen MR) is 122 cm³/mol. The molecule has 0 aliphatic heterocycles. The first-order chi connectivity index (χ1) is 14.2. The zero-order valence-corrected chi connectivity index (χ0v) is 19.3. The molecule has 0 aliphatic rings. The smallest absolute Gasteiger partial charge is 0.331 e. The molecule has 0 spiro atoms. The van der Waals surface area contributed by atoms with Gasteiger partial charge in [-0.3, -0.25) is 9.69 Å². The van der Waals surface area contributed by atoms with Crippen LogP contribution in [-0.2, 0) is 20.9 Å². The Morgan fingerprint density at radius 1 is 1.17 bits per heavy atom. The van der Waals surface area contributed by atoms with Crippen molar-refractivity contribution in [3.8, 4) is 0 Å². The van der Waals surface area contributed by atoms with Crippen molar-refractivity contribution < 1.29 is 14.3 Å². The number of aromatic nitrogens is 2. The lowest BCUT2D eigenvalue weighted by molar-refractivity contribution is -0.139. The van der Waals surface area contributed by atoms with Gasteiger partial charge < -0.3 is 4.74 Å². The summed E-state index contributed by atoms with van der Waals surface area (Å²) >= 11 is 9.22. The van der Waals surface area contributed by atoms with Gasteiger partial charge in [-0.25, -0.2) is 14.8 Å². The predicted octanol–water partition coefficient (Wildman–Crippen LogP) is 5.62. The minimum atomic E-state index is -0.490. The summed E-state index contributed by atoms with van der Waals surface area (Å²) in [6.45, 7) is 7.21. The number of thiazole rings is 2. The Balaban J connectivity index is 1.72. The van der Waals surface area contributed by atoms with E-state index in [0.29, 0.717) is 27.2 Å². The first-order valence-corrected chi connectivity index (χ1v) is 11.2. The van der Waals surface area contributed by atoms with Crippen LogP contribution < -0.4 is 4.90 Å². The molecule has 0 fully saturated rings. The van der Waals surface area contributed by atoms with Crippen LogP contribution in [0.25, 0.3) is 6.08 Å². The van der Waals surface area contributed by atoms with Gasteiger partial charge in [0.25, 0.3) is 0 Å². The van der Waals surface area contributed by atoms with Crippen molar-refractivity contribution in [2.24, 2.45) is 0 Å². The van der Waals surface area contributed by atoms with E-state index >= 15 is 0 Å². The number of aryl methyl sites for hydroxylation is 3. The Labute approximate surface area is 187 Å². The SMILES string of the molecule is CC(=O)N(c1nc(COC(=O)/C=C/c2csc(C)n2)cs1)c1c(C)cc(C)cc1Cl. The number of benzene rings is 1. The summed E-state index contributed by atoms with van der Waals surface area (Å²) in [5.41, 5.74) is 3.76. The molecule has 3 aromatic rings. The van der Waals surface area contributed by atoms with Crippen molar-refractivity contribution in [3.05, 3.63) is 61.5 Å². The molecule has 0 radical (unpaired) electrons. The average molecular weight is 462 g/mol. The van der Waals surface area contributed by atoms with E-state index in [-0.39, 0.29) is 12.5 Å². The minimum absolute atomic E-state index is 0.00211. The van der Waals surface area contributed by atoms with Gasteiger partial charge in [-0.05, 0) is 44.0 Å². The van der Waals surface area contributed by atoms with Crippen LogP contribution in [-0.4, -0.2) is 21.8 Å². The lowest BCUT2D eigenvalue weighted by atomic mass is 10.1. The lowest BCUT2D eigenvalue weighted by Crippen LogP contribution is -2.24. The van der Waals surface area contributed by atoms with E-state index in [2.05, 4.69) is 9.97 Å². The van der Waals surface area contributed by atoms with E-state index in [0.717, 1.165) is 16.1 Å². The van der Waals surface area contributed by atoms with E-state index in [4.69, 9.17) is 16.3 Å². The number of anilines is 2. The van der Waals surface area contributed by atoms with Crippen molar-refractivity contribution in [2.45, 2.75) is 34.3 Å². The number of amides is 1. The Kier molecular flexibility index (Phi) is 7.02. The molecule has 0 saturated heterocycles. The molecule has 9 heteroatoms. The summed E-state index contributed by atoms with van der Waals surface area (Å²) in [6.07, 6.45) is 2.94. The third-order valence-electron chi connectivity index (χ3n) is 4.06. The van der Waals surface area contributed by atoms with Crippen LogP contribution in [0.15, 0.2) is 29.0 Å². The second-order valence-corrected chi connectivity index (χ2v) is 8.93. The number of halogens is 1. The molecule has 1 aromatic carbocycles. The molecule has 0 unspecified atom stereocenters.